The number of carbonyl (C=O) groups is 1. The Hall–Kier alpha value is -3.12. The first-order valence-corrected chi connectivity index (χ1v) is 9.20. The number of hydrogen-bond acceptors (Lipinski definition) is 5. The quantitative estimate of drug-likeness (QED) is 0.620. The molecule has 2 aromatic carbocycles. The van der Waals surface area contributed by atoms with Gasteiger partial charge in [0.25, 0.3) is 5.91 Å². The van der Waals surface area contributed by atoms with Crippen molar-refractivity contribution in [2.75, 3.05) is 24.3 Å². The van der Waals surface area contributed by atoms with Crippen LogP contribution in [0.3, 0.4) is 0 Å². The van der Waals surface area contributed by atoms with Gasteiger partial charge in [0.15, 0.2) is 0 Å². The Morgan fingerprint density at radius 3 is 2.68 bits per heavy atom. The highest BCUT2D eigenvalue weighted by Gasteiger charge is 2.12. The van der Waals surface area contributed by atoms with Crippen molar-refractivity contribution in [1.29, 1.82) is 0 Å². The molecule has 0 saturated carbocycles. The fourth-order valence-corrected chi connectivity index (χ4v) is 2.77. The molecule has 1 heterocycles. The highest BCUT2D eigenvalue weighted by atomic mass is 35.5. The number of anilines is 2. The number of benzene rings is 2. The Morgan fingerprint density at radius 1 is 1.14 bits per heavy atom. The maximum Gasteiger partial charge on any atom is 0.274 e. The first kappa shape index (κ1) is 19.6. The molecule has 3 rings (SSSR count). The fraction of sp³-hybridized carbons (Fsp3) is 0.190. The summed E-state index contributed by atoms with van der Waals surface area (Å²) >= 11 is 5.89. The van der Waals surface area contributed by atoms with E-state index in [1.54, 1.807) is 19.4 Å². The number of nitrogens with one attached hydrogen (secondary N) is 2. The lowest BCUT2D eigenvalue weighted by atomic mass is 10.1. The van der Waals surface area contributed by atoms with E-state index < -0.39 is 0 Å². The van der Waals surface area contributed by atoms with Gasteiger partial charge in [-0.1, -0.05) is 29.8 Å². The second kappa shape index (κ2) is 9.19. The Balaban J connectivity index is 1.63. The zero-order valence-electron chi connectivity index (χ0n) is 15.7. The van der Waals surface area contributed by atoms with Gasteiger partial charge in [-0.25, -0.2) is 9.97 Å². The second-order valence-electron chi connectivity index (χ2n) is 6.23. The maximum absolute atomic E-state index is 12.6. The molecular formula is C21H21ClN4O2. The first-order chi connectivity index (χ1) is 13.5. The van der Waals surface area contributed by atoms with Gasteiger partial charge in [-0.3, -0.25) is 4.79 Å². The molecular weight excluding hydrogens is 376 g/mol. The number of hydrogen-bond donors (Lipinski definition) is 2. The van der Waals surface area contributed by atoms with E-state index in [2.05, 4.69) is 20.6 Å². The molecule has 0 saturated heterocycles. The number of halogens is 1. The van der Waals surface area contributed by atoms with Crippen molar-refractivity contribution in [3.8, 4) is 5.75 Å². The lowest BCUT2D eigenvalue weighted by Crippen LogP contribution is -2.16. The summed E-state index contributed by atoms with van der Waals surface area (Å²) in [5.74, 6) is 0.666. The molecule has 0 spiro atoms. The topological polar surface area (TPSA) is 76.1 Å². The van der Waals surface area contributed by atoms with Crippen LogP contribution in [0.5, 0.6) is 5.75 Å². The average molecular weight is 397 g/mol. The minimum Gasteiger partial charge on any atom is -0.495 e. The van der Waals surface area contributed by atoms with Crippen molar-refractivity contribution in [1.82, 2.24) is 9.97 Å². The molecule has 1 aromatic heterocycles. The maximum atomic E-state index is 12.6. The monoisotopic (exact) mass is 396 g/mol. The summed E-state index contributed by atoms with van der Waals surface area (Å²) in [5.41, 5.74) is 3.04. The predicted octanol–water partition coefficient (Wildman–Crippen LogP) is 4.35. The van der Waals surface area contributed by atoms with Gasteiger partial charge in [0.2, 0.25) is 5.95 Å². The molecule has 0 aliphatic heterocycles. The van der Waals surface area contributed by atoms with E-state index in [0.29, 0.717) is 29.0 Å². The van der Waals surface area contributed by atoms with Crippen LogP contribution in [0.25, 0.3) is 0 Å². The van der Waals surface area contributed by atoms with E-state index in [4.69, 9.17) is 16.3 Å². The molecule has 0 aliphatic rings. The third-order valence-corrected chi connectivity index (χ3v) is 4.35. The number of rotatable bonds is 7. The van der Waals surface area contributed by atoms with Crippen LogP contribution in [0, 0.1) is 6.92 Å². The number of methoxy groups -OCH3 is 1. The van der Waals surface area contributed by atoms with Crippen molar-refractivity contribution in [3.05, 3.63) is 76.6 Å². The van der Waals surface area contributed by atoms with Gasteiger partial charge in [-0.05, 0) is 54.8 Å². The van der Waals surface area contributed by atoms with Gasteiger partial charge in [-0.15, -0.1) is 0 Å². The molecule has 7 heteroatoms. The molecule has 1 amide bonds. The highest BCUT2D eigenvalue weighted by Crippen LogP contribution is 2.25. The van der Waals surface area contributed by atoms with Crippen molar-refractivity contribution in [3.63, 3.8) is 0 Å². The lowest BCUT2D eigenvalue weighted by molar-refractivity contribution is 0.102. The summed E-state index contributed by atoms with van der Waals surface area (Å²) in [5, 5.41) is 6.69. The van der Waals surface area contributed by atoms with Gasteiger partial charge in [0.1, 0.15) is 11.4 Å². The van der Waals surface area contributed by atoms with E-state index >= 15 is 0 Å². The summed E-state index contributed by atoms with van der Waals surface area (Å²) in [7, 11) is 1.56. The zero-order valence-corrected chi connectivity index (χ0v) is 16.5. The number of aryl methyl sites for hydroxylation is 1. The van der Waals surface area contributed by atoms with Crippen LogP contribution in [0.2, 0.25) is 5.02 Å². The van der Waals surface area contributed by atoms with Crippen LogP contribution >= 0.6 is 11.6 Å². The van der Waals surface area contributed by atoms with Gasteiger partial charge >= 0.3 is 0 Å². The minimum atomic E-state index is -0.327. The van der Waals surface area contributed by atoms with Gasteiger partial charge < -0.3 is 15.4 Å². The van der Waals surface area contributed by atoms with Crippen LogP contribution < -0.4 is 15.4 Å². The third kappa shape index (κ3) is 5.20. The molecule has 0 aliphatic carbocycles. The molecule has 2 N–H and O–H groups in total. The standard InChI is InChI=1S/C21H21ClN4O2/c1-14-3-8-19(28-2)18(13-14)25-20(27)17-10-12-24-21(26-17)23-11-9-15-4-6-16(22)7-5-15/h3-8,10,12-13H,9,11H2,1-2H3,(H,25,27)(H,23,24,26). The zero-order chi connectivity index (χ0) is 19.9. The Morgan fingerprint density at radius 2 is 1.93 bits per heavy atom. The van der Waals surface area contributed by atoms with Crippen molar-refractivity contribution in [2.45, 2.75) is 13.3 Å². The van der Waals surface area contributed by atoms with Crippen molar-refractivity contribution < 1.29 is 9.53 Å². The second-order valence-corrected chi connectivity index (χ2v) is 6.66. The minimum absolute atomic E-state index is 0.271. The average Bonchev–Trinajstić information content (AvgIpc) is 2.70. The number of nitrogens with zero attached hydrogens (tertiary/aromatic N) is 2. The predicted molar refractivity (Wildman–Crippen MR) is 111 cm³/mol. The summed E-state index contributed by atoms with van der Waals surface area (Å²) in [6.45, 7) is 2.58. The van der Waals surface area contributed by atoms with E-state index in [9.17, 15) is 4.79 Å². The molecule has 6 nitrogen and oxygen atoms in total. The van der Waals surface area contributed by atoms with Crippen LogP contribution in [-0.4, -0.2) is 29.5 Å². The highest BCUT2D eigenvalue weighted by molar-refractivity contribution is 6.30. The Bertz CT molecular complexity index is 961. The van der Waals surface area contributed by atoms with E-state index in [1.807, 2.05) is 49.4 Å². The van der Waals surface area contributed by atoms with Gasteiger partial charge in [0, 0.05) is 17.8 Å². The number of amides is 1. The smallest absolute Gasteiger partial charge is 0.274 e. The molecule has 0 unspecified atom stereocenters. The van der Waals surface area contributed by atoms with Crippen LogP contribution in [0.4, 0.5) is 11.6 Å². The Labute approximate surface area is 168 Å². The number of aromatic nitrogens is 2. The van der Waals surface area contributed by atoms with Gasteiger partial charge in [-0.2, -0.15) is 0 Å². The molecule has 0 bridgehead atoms. The molecule has 0 fully saturated rings. The van der Waals surface area contributed by atoms with E-state index in [-0.39, 0.29) is 11.6 Å². The van der Waals surface area contributed by atoms with E-state index in [0.717, 1.165) is 17.5 Å². The largest absolute Gasteiger partial charge is 0.495 e. The third-order valence-electron chi connectivity index (χ3n) is 4.10. The van der Waals surface area contributed by atoms with Crippen LogP contribution in [-0.2, 0) is 6.42 Å². The molecule has 28 heavy (non-hydrogen) atoms. The summed E-state index contributed by atoms with van der Waals surface area (Å²) in [6.07, 6.45) is 2.34. The Kier molecular flexibility index (Phi) is 6.45. The molecule has 144 valence electrons. The van der Waals surface area contributed by atoms with Crippen molar-refractivity contribution >= 4 is 29.1 Å². The summed E-state index contributed by atoms with van der Waals surface area (Å²) in [6, 6.07) is 14.8. The van der Waals surface area contributed by atoms with Gasteiger partial charge in [0.05, 0.1) is 12.8 Å². The lowest BCUT2D eigenvalue weighted by Gasteiger charge is -2.11. The molecule has 3 aromatic rings. The van der Waals surface area contributed by atoms with E-state index in [1.165, 1.54) is 0 Å². The van der Waals surface area contributed by atoms with Crippen molar-refractivity contribution in [2.24, 2.45) is 0 Å². The normalized spacial score (nSPS) is 10.4. The number of ether oxygens (including phenoxy) is 1. The number of carbonyl (C=O) groups excluding carboxylic acids is 1. The van der Waals surface area contributed by atoms with Crippen LogP contribution in [0.15, 0.2) is 54.7 Å². The SMILES string of the molecule is COc1ccc(C)cc1NC(=O)c1ccnc(NCCc2ccc(Cl)cc2)n1. The fourth-order valence-electron chi connectivity index (χ4n) is 2.65. The molecule has 0 atom stereocenters. The summed E-state index contributed by atoms with van der Waals surface area (Å²) in [4.78, 5) is 21.0. The first-order valence-electron chi connectivity index (χ1n) is 8.82. The van der Waals surface area contributed by atoms with Crippen LogP contribution in [0.1, 0.15) is 21.6 Å². The molecule has 0 radical (unpaired) electrons. The summed E-state index contributed by atoms with van der Waals surface area (Å²) < 4.78 is 5.30.